The van der Waals surface area contributed by atoms with Crippen LogP contribution in [0.1, 0.15) is 64.6 Å². The smallest absolute Gasteiger partial charge is 0.318 e. The van der Waals surface area contributed by atoms with E-state index in [4.69, 9.17) is 9.26 Å². The molecule has 0 N–H and O–H groups in total. The molecule has 102 valence electrons. The summed E-state index contributed by atoms with van der Waals surface area (Å²) in [4.78, 5) is 16.2. The number of esters is 1. The number of carbonyl (C=O) groups is 1. The Kier molecular flexibility index (Phi) is 5.31. The highest BCUT2D eigenvalue weighted by atomic mass is 16.5. The summed E-state index contributed by atoms with van der Waals surface area (Å²) in [5, 5.41) is 3.89. The molecule has 1 heterocycles. The molecular formula is C13H22N2O3. The molecule has 1 unspecified atom stereocenters. The van der Waals surface area contributed by atoms with Crippen LogP contribution in [-0.2, 0) is 9.53 Å². The molecule has 1 aromatic heterocycles. The Morgan fingerprint density at radius 1 is 1.33 bits per heavy atom. The van der Waals surface area contributed by atoms with E-state index in [1.54, 1.807) is 6.92 Å². The van der Waals surface area contributed by atoms with Gasteiger partial charge in [-0.05, 0) is 19.3 Å². The SMILES string of the molecule is CCOC(=O)C(CC(C)C)c1nc(C(C)C)no1. The fraction of sp³-hybridized carbons (Fsp3) is 0.769. The molecule has 5 nitrogen and oxygen atoms in total. The van der Waals surface area contributed by atoms with Crippen molar-refractivity contribution in [3.8, 4) is 0 Å². The minimum Gasteiger partial charge on any atom is -0.465 e. The zero-order chi connectivity index (χ0) is 13.7. The van der Waals surface area contributed by atoms with Crippen LogP contribution in [0.2, 0.25) is 0 Å². The Labute approximate surface area is 108 Å². The zero-order valence-electron chi connectivity index (χ0n) is 11.8. The van der Waals surface area contributed by atoms with Gasteiger partial charge in [-0.1, -0.05) is 32.9 Å². The van der Waals surface area contributed by atoms with E-state index in [1.165, 1.54) is 0 Å². The van der Waals surface area contributed by atoms with Crippen LogP contribution in [-0.4, -0.2) is 22.7 Å². The Hall–Kier alpha value is -1.39. The lowest BCUT2D eigenvalue weighted by molar-refractivity contribution is -0.146. The van der Waals surface area contributed by atoms with Crippen molar-refractivity contribution in [1.29, 1.82) is 0 Å². The minimum absolute atomic E-state index is 0.185. The van der Waals surface area contributed by atoms with Gasteiger partial charge in [-0.3, -0.25) is 4.79 Å². The average Bonchev–Trinajstić information content (AvgIpc) is 2.75. The highest BCUT2D eigenvalue weighted by Crippen LogP contribution is 2.25. The lowest BCUT2D eigenvalue weighted by Gasteiger charge is -2.13. The van der Waals surface area contributed by atoms with Crippen LogP contribution in [0.15, 0.2) is 4.52 Å². The van der Waals surface area contributed by atoms with Crippen LogP contribution < -0.4 is 0 Å². The first kappa shape index (κ1) is 14.7. The molecule has 0 saturated heterocycles. The van der Waals surface area contributed by atoms with Crippen LogP contribution >= 0.6 is 0 Å². The highest BCUT2D eigenvalue weighted by molar-refractivity contribution is 5.76. The molecule has 0 bridgehead atoms. The number of ether oxygens (including phenoxy) is 1. The van der Waals surface area contributed by atoms with Gasteiger partial charge in [0.2, 0.25) is 5.89 Å². The Bertz CT molecular complexity index is 385. The van der Waals surface area contributed by atoms with Crippen LogP contribution in [0.3, 0.4) is 0 Å². The van der Waals surface area contributed by atoms with E-state index in [0.29, 0.717) is 30.7 Å². The number of rotatable bonds is 6. The molecule has 0 aromatic carbocycles. The molecule has 0 radical (unpaired) electrons. The lowest BCUT2D eigenvalue weighted by Crippen LogP contribution is -2.18. The number of aromatic nitrogens is 2. The van der Waals surface area contributed by atoms with Gasteiger partial charge in [0.05, 0.1) is 6.61 Å². The number of carbonyl (C=O) groups excluding carboxylic acids is 1. The zero-order valence-corrected chi connectivity index (χ0v) is 11.8. The van der Waals surface area contributed by atoms with Crippen molar-refractivity contribution in [2.24, 2.45) is 5.92 Å². The number of hydrogen-bond acceptors (Lipinski definition) is 5. The van der Waals surface area contributed by atoms with Gasteiger partial charge in [0.25, 0.3) is 0 Å². The molecule has 0 saturated carbocycles. The number of hydrogen-bond donors (Lipinski definition) is 0. The monoisotopic (exact) mass is 254 g/mol. The molecule has 0 amide bonds. The highest BCUT2D eigenvalue weighted by Gasteiger charge is 2.29. The van der Waals surface area contributed by atoms with E-state index in [2.05, 4.69) is 10.1 Å². The molecule has 0 aliphatic carbocycles. The topological polar surface area (TPSA) is 65.2 Å². The maximum atomic E-state index is 11.9. The summed E-state index contributed by atoms with van der Waals surface area (Å²) in [5.74, 6) is 0.794. The van der Waals surface area contributed by atoms with Gasteiger partial charge in [-0.25, -0.2) is 0 Å². The standard InChI is InChI=1S/C13H22N2O3/c1-6-17-13(16)10(7-8(2)3)12-14-11(9(4)5)15-18-12/h8-10H,6-7H2,1-5H3. The summed E-state index contributed by atoms with van der Waals surface area (Å²) in [5.41, 5.74) is 0. The Morgan fingerprint density at radius 3 is 2.44 bits per heavy atom. The summed E-state index contributed by atoms with van der Waals surface area (Å²) in [6.07, 6.45) is 0.651. The maximum absolute atomic E-state index is 11.9. The molecular weight excluding hydrogens is 232 g/mol. The summed E-state index contributed by atoms with van der Waals surface area (Å²) >= 11 is 0. The van der Waals surface area contributed by atoms with E-state index < -0.39 is 5.92 Å². The first-order valence-electron chi connectivity index (χ1n) is 6.45. The molecule has 18 heavy (non-hydrogen) atoms. The largest absolute Gasteiger partial charge is 0.465 e. The van der Waals surface area contributed by atoms with Gasteiger partial charge < -0.3 is 9.26 Å². The molecule has 5 heteroatoms. The predicted molar refractivity (Wildman–Crippen MR) is 67.2 cm³/mol. The van der Waals surface area contributed by atoms with Crippen LogP contribution in [0, 0.1) is 5.92 Å². The molecule has 0 fully saturated rings. The van der Waals surface area contributed by atoms with Gasteiger partial charge in [-0.15, -0.1) is 0 Å². The summed E-state index contributed by atoms with van der Waals surface area (Å²) < 4.78 is 10.3. The predicted octanol–water partition coefficient (Wildman–Crippen LogP) is 2.89. The molecule has 0 aliphatic rings. The fourth-order valence-electron chi connectivity index (χ4n) is 1.64. The fourth-order valence-corrected chi connectivity index (χ4v) is 1.64. The average molecular weight is 254 g/mol. The molecule has 1 rings (SSSR count). The molecule has 0 aliphatic heterocycles. The second-order valence-electron chi connectivity index (χ2n) is 5.08. The van der Waals surface area contributed by atoms with Crippen LogP contribution in [0.4, 0.5) is 0 Å². The second-order valence-corrected chi connectivity index (χ2v) is 5.08. The van der Waals surface area contributed by atoms with E-state index >= 15 is 0 Å². The maximum Gasteiger partial charge on any atom is 0.318 e. The van der Waals surface area contributed by atoms with Crippen molar-refractivity contribution in [2.45, 2.75) is 52.9 Å². The minimum atomic E-state index is -0.454. The van der Waals surface area contributed by atoms with Crippen molar-refractivity contribution in [2.75, 3.05) is 6.61 Å². The van der Waals surface area contributed by atoms with E-state index in [9.17, 15) is 4.79 Å². The number of nitrogens with zero attached hydrogens (tertiary/aromatic N) is 2. The molecule has 0 spiro atoms. The van der Waals surface area contributed by atoms with Crippen molar-refractivity contribution >= 4 is 5.97 Å². The lowest BCUT2D eigenvalue weighted by atomic mass is 9.97. The van der Waals surface area contributed by atoms with E-state index in [1.807, 2.05) is 27.7 Å². The normalized spacial score (nSPS) is 13.1. The Morgan fingerprint density at radius 2 is 2.00 bits per heavy atom. The van der Waals surface area contributed by atoms with Crippen LogP contribution in [0.5, 0.6) is 0 Å². The molecule has 1 aromatic rings. The first-order chi connectivity index (χ1) is 8.45. The third kappa shape index (κ3) is 3.82. The summed E-state index contributed by atoms with van der Waals surface area (Å²) in [6.45, 7) is 10.2. The summed E-state index contributed by atoms with van der Waals surface area (Å²) in [7, 11) is 0. The van der Waals surface area contributed by atoms with Crippen LogP contribution in [0.25, 0.3) is 0 Å². The van der Waals surface area contributed by atoms with Crippen molar-refractivity contribution in [3.05, 3.63) is 11.7 Å². The van der Waals surface area contributed by atoms with E-state index in [0.717, 1.165) is 0 Å². The van der Waals surface area contributed by atoms with Gasteiger partial charge >= 0.3 is 5.97 Å². The second kappa shape index (κ2) is 6.52. The summed E-state index contributed by atoms with van der Waals surface area (Å²) in [6, 6.07) is 0. The van der Waals surface area contributed by atoms with Gasteiger partial charge in [-0.2, -0.15) is 4.98 Å². The van der Waals surface area contributed by atoms with Gasteiger partial charge in [0.1, 0.15) is 5.92 Å². The van der Waals surface area contributed by atoms with Gasteiger partial charge in [0, 0.05) is 5.92 Å². The van der Waals surface area contributed by atoms with Crippen molar-refractivity contribution in [3.63, 3.8) is 0 Å². The quantitative estimate of drug-likeness (QED) is 0.730. The van der Waals surface area contributed by atoms with E-state index in [-0.39, 0.29) is 11.9 Å². The Balaban J connectivity index is 2.90. The van der Waals surface area contributed by atoms with Gasteiger partial charge in [0.15, 0.2) is 5.82 Å². The van der Waals surface area contributed by atoms with Crippen molar-refractivity contribution < 1.29 is 14.1 Å². The third-order valence-corrected chi connectivity index (χ3v) is 2.55. The first-order valence-corrected chi connectivity index (χ1v) is 6.45. The molecule has 1 atom stereocenters. The van der Waals surface area contributed by atoms with Crippen molar-refractivity contribution in [1.82, 2.24) is 10.1 Å². The third-order valence-electron chi connectivity index (χ3n) is 2.55.